The number of ether oxygens (including phenoxy) is 1. The van der Waals surface area contributed by atoms with Crippen LogP contribution in [0.15, 0.2) is 18.2 Å². The lowest BCUT2D eigenvalue weighted by Gasteiger charge is -2.31. The van der Waals surface area contributed by atoms with Crippen LogP contribution in [-0.4, -0.2) is 48.1 Å². The molecule has 1 aromatic rings. The molecule has 132 valence electrons. The number of halogens is 3. The number of aliphatic carboxylic acids is 1. The molecule has 0 radical (unpaired) electrons. The van der Waals surface area contributed by atoms with E-state index in [9.17, 15) is 18.4 Å². The zero-order valence-corrected chi connectivity index (χ0v) is 13.4. The van der Waals surface area contributed by atoms with Gasteiger partial charge in [-0.15, -0.1) is 0 Å². The highest BCUT2D eigenvalue weighted by molar-refractivity contribution is 6.32. The summed E-state index contributed by atoms with van der Waals surface area (Å²) in [5.74, 6) is -1.60. The summed E-state index contributed by atoms with van der Waals surface area (Å²) >= 11 is 5.93. The summed E-state index contributed by atoms with van der Waals surface area (Å²) in [5, 5.41) is 11.7. The van der Waals surface area contributed by atoms with Gasteiger partial charge >= 0.3 is 12.0 Å². The van der Waals surface area contributed by atoms with Gasteiger partial charge < -0.3 is 20.1 Å². The van der Waals surface area contributed by atoms with E-state index in [1.165, 1.54) is 17.0 Å². The number of nitrogens with one attached hydrogen (secondary N) is 1. The average molecular weight is 363 g/mol. The molecule has 0 aromatic heterocycles. The Kier molecular flexibility index (Phi) is 6.19. The van der Waals surface area contributed by atoms with Crippen LogP contribution in [0, 0.1) is 5.92 Å². The molecule has 0 spiro atoms. The van der Waals surface area contributed by atoms with Crippen molar-refractivity contribution in [3.05, 3.63) is 23.2 Å². The molecule has 6 nitrogen and oxygen atoms in total. The molecule has 1 unspecified atom stereocenters. The number of urea groups is 1. The second kappa shape index (κ2) is 8.14. The smallest absolute Gasteiger partial charge is 0.321 e. The molecule has 0 bridgehead atoms. The third kappa shape index (κ3) is 4.70. The van der Waals surface area contributed by atoms with Gasteiger partial charge in [-0.3, -0.25) is 4.79 Å². The average Bonchev–Trinajstić information content (AvgIpc) is 2.54. The number of amides is 2. The van der Waals surface area contributed by atoms with Gasteiger partial charge in [-0.1, -0.05) is 17.7 Å². The molecule has 1 saturated heterocycles. The number of carboxylic acids is 1. The van der Waals surface area contributed by atoms with Crippen molar-refractivity contribution in [2.24, 2.45) is 5.92 Å². The summed E-state index contributed by atoms with van der Waals surface area (Å²) in [5.41, 5.74) is 0.158. The Balaban J connectivity index is 2.08. The van der Waals surface area contributed by atoms with E-state index >= 15 is 0 Å². The molecule has 1 fully saturated rings. The van der Waals surface area contributed by atoms with Gasteiger partial charge in [0.1, 0.15) is 6.61 Å². The Morgan fingerprint density at radius 2 is 2.21 bits per heavy atom. The van der Waals surface area contributed by atoms with E-state index < -0.39 is 31.0 Å². The van der Waals surface area contributed by atoms with E-state index in [2.05, 4.69) is 5.32 Å². The van der Waals surface area contributed by atoms with Crippen molar-refractivity contribution in [3.8, 4) is 5.75 Å². The molecule has 0 saturated carbocycles. The van der Waals surface area contributed by atoms with Crippen molar-refractivity contribution in [1.29, 1.82) is 0 Å². The minimum absolute atomic E-state index is 0.0420. The first-order valence-corrected chi connectivity index (χ1v) is 7.74. The molecule has 1 atom stereocenters. The third-order valence-corrected chi connectivity index (χ3v) is 3.92. The lowest BCUT2D eigenvalue weighted by molar-refractivity contribution is -0.143. The Hall–Kier alpha value is -2.09. The molecule has 1 aliphatic heterocycles. The van der Waals surface area contributed by atoms with Crippen LogP contribution in [0.25, 0.3) is 0 Å². The summed E-state index contributed by atoms with van der Waals surface area (Å²) in [4.78, 5) is 24.7. The van der Waals surface area contributed by atoms with Crippen LogP contribution in [0.2, 0.25) is 5.02 Å². The zero-order valence-electron chi connectivity index (χ0n) is 12.7. The number of carbonyl (C=O) groups excluding carboxylic acids is 1. The summed E-state index contributed by atoms with van der Waals surface area (Å²) in [6, 6.07) is 3.96. The van der Waals surface area contributed by atoms with Crippen molar-refractivity contribution in [3.63, 3.8) is 0 Å². The van der Waals surface area contributed by atoms with Gasteiger partial charge in [0, 0.05) is 13.1 Å². The molecule has 2 amide bonds. The summed E-state index contributed by atoms with van der Waals surface area (Å²) in [6.45, 7) is -0.338. The fourth-order valence-corrected chi connectivity index (χ4v) is 2.69. The Morgan fingerprint density at radius 1 is 1.46 bits per heavy atom. The fraction of sp³-hybridized carbons (Fsp3) is 0.467. The minimum Gasteiger partial charge on any atom is -0.484 e. The largest absolute Gasteiger partial charge is 0.484 e. The van der Waals surface area contributed by atoms with Gasteiger partial charge in [0.2, 0.25) is 0 Å². The second-order valence-corrected chi connectivity index (χ2v) is 5.78. The number of rotatable bonds is 5. The quantitative estimate of drug-likeness (QED) is 0.842. The highest BCUT2D eigenvalue weighted by Gasteiger charge is 2.28. The lowest BCUT2D eigenvalue weighted by atomic mass is 9.99. The van der Waals surface area contributed by atoms with E-state index in [1.54, 1.807) is 6.07 Å². The topological polar surface area (TPSA) is 78.9 Å². The van der Waals surface area contributed by atoms with Crippen LogP contribution >= 0.6 is 11.6 Å². The van der Waals surface area contributed by atoms with Crippen LogP contribution in [0.3, 0.4) is 0 Å². The highest BCUT2D eigenvalue weighted by Crippen LogP contribution is 2.33. The molecule has 2 rings (SSSR count). The van der Waals surface area contributed by atoms with Crippen LogP contribution in [0.5, 0.6) is 5.75 Å². The number of alkyl halides is 2. The van der Waals surface area contributed by atoms with E-state index in [0.717, 1.165) is 0 Å². The Morgan fingerprint density at radius 3 is 2.88 bits per heavy atom. The minimum atomic E-state index is -2.68. The van der Waals surface area contributed by atoms with Gasteiger partial charge in [-0.2, -0.15) is 0 Å². The van der Waals surface area contributed by atoms with Gasteiger partial charge in [-0.05, 0) is 25.0 Å². The molecule has 9 heteroatoms. The summed E-state index contributed by atoms with van der Waals surface area (Å²) in [6.07, 6.45) is -1.59. The number of nitrogens with zero attached hydrogens (tertiary/aromatic N) is 1. The first-order valence-electron chi connectivity index (χ1n) is 7.36. The molecular weight excluding hydrogens is 346 g/mol. The molecule has 1 aromatic carbocycles. The van der Waals surface area contributed by atoms with Gasteiger partial charge in [0.15, 0.2) is 5.75 Å². The predicted octanol–water partition coefficient (Wildman–Crippen LogP) is 3.31. The monoisotopic (exact) mass is 362 g/mol. The zero-order chi connectivity index (χ0) is 17.7. The Bertz CT molecular complexity index is 615. The molecule has 0 aliphatic carbocycles. The molecular formula is C15H17ClF2N2O4. The molecule has 2 N–H and O–H groups in total. The van der Waals surface area contributed by atoms with Crippen molar-refractivity contribution in [2.75, 3.05) is 25.0 Å². The van der Waals surface area contributed by atoms with Crippen molar-refractivity contribution in [2.45, 2.75) is 19.3 Å². The van der Waals surface area contributed by atoms with Crippen LogP contribution in [0.1, 0.15) is 12.8 Å². The number of hydrogen-bond acceptors (Lipinski definition) is 3. The number of hydrogen-bond donors (Lipinski definition) is 2. The third-order valence-electron chi connectivity index (χ3n) is 3.62. The van der Waals surface area contributed by atoms with Gasteiger partial charge in [0.05, 0.1) is 16.6 Å². The SMILES string of the molecule is O=C(O)C1CCCN(C(=O)Nc2cccc(Cl)c2OCC(F)F)C1. The summed E-state index contributed by atoms with van der Waals surface area (Å²) in [7, 11) is 0. The maximum atomic E-state index is 12.3. The maximum absolute atomic E-state index is 12.3. The maximum Gasteiger partial charge on any atom is 0.321 e. The molecule has 1 heterocycles. The first-order chi connectivity index (χ1) is 11.4. The van der Waals surface area contributed by atoms with Crippen LogP contribution in [0.4, 0.5) is 19.3 Å². The molecule has 1 aliphatic rings. The molecule has 24 heavy (non-hydrogen) atoms. The number of carbonyl (C=O) groups is 2. The normalized spacial score (nSPS) is 17.7. The van der Waals surface area contributed by atoms with Gasteiger partial charge in [-0.25, -0.2) is 13.6 Å². The second-order valence-electron chi connectivity index (χ2n) is 5.37. The Labute approximate surface area is 142 Å². The van der Waals surface area contributed by atoms with Crippen molar-refractivity contribution in [1.82, 2.24) is 4.90 Å². The van der Waals surface area contributed by atoms with E-state index in [-0.39, 0.29) is 23.0 Å². The summed E-state index contributed by atoms with van der Waals surface area (Å²) < 4.78 is 29.6. The van der Waals surface area contributed by atoms with Crippen LogP contribution in [-0.2, 0) is 4.79 Å². The number of carboxylic acid groups (broad SMARTS) is 1. The van der Waals surface area contributed by atoms with E-state index in [0.29, 0.717) is 19.4 Å². The number of para-hydroxylation sites is 1. The van der Waals surface area contributed by atoms with E-state index in [1.807, 2.05) is 0 Å². The lowest BCUT2D eigenvalue weighted by Crippen LogP contribution is -2.44. The number of benzene rings is 1. The number of piperidine rings is 1. The van der Waals surface area contributed by atoms with Crippen molar-refractivity contribution >= 4 is 29.3 Å². The number of likely N-dealkylation sites (tertiary alicyclic amines) is 1. The van der Waals surface area contributed by atoms with E-state index in [4.69, 9.17) is 21.4 Å². The standard InChI is InChI=1S/C15H17ClF2N2O4/c16-10-4-1-5-11(13(10)24-8-12(17)18)19-15(23)20-6-2-3-9(7-20)14(21)22/h1,4-5,9,12H,2-3,6-8H2,(H,19,23)(H,21,22). The van der Waals surface area contributed by atoms with Crippen LogP contribution < -0.4 is 10.1 Å². The highest BCUT2D eigenvalue weighted by atomic mass is 35.5. The van der Waals surface area contributed by atoms with Gasteiger partial charge in [0.25, 0.3) is 6.43 Å². The predicted molar refractivity (Wildman–Crippen MR) is 83.9 cm³/mol. The number of anilines is 1. The van der Waals surface area contributed by atoms with Crippen molar-refractivity contribution < 1.29 is 28.2 Å². The fourth-order valence-electron chi connectivity index (χ4n) is 2.46. The first kappa shape index (κ1) is 18.3.